The van der Waals surface area contributed by atoms with Crippen LogP contribution in [0.5, 0.6) is 0 Å². The van der Waals surface area contributed by atoms with Crippen LogP contribution in [0.1, 0.15) is 44.3 Å². The summed E-state index contributed by atoms with van der Waals surface area (Å²) in [6.45, 7) is 0.415. The Morgan fingerprint density at radius 2 is 2.33 bits per heavy atom. The van der Waals surface area contributed by atoms with E-state index in [2.05, 4.69) is 5.32 Å². The standard InChI is InChI=1S/C16H22N2O3/c1-18-13-6-2-3-8-16(13,9-7-14(18)19)15(20)17-11-12-5-4-10-21-12/h4-5,10,13H,2-3,6-9,11H2,1H3,(H,17,20)/t13-,16-/m1/s1. The van der Waals surface area contributed by atoms with Gasteiger partial charge in [0.2, 0.25) is 11.8 Å². The van der Waals surface area contributed by atoms with Gasteiger partial charge in [-0.15, -0.1) is 0 Å². The van der Waals surface area contributed by atoms with Crippen LogP contribution >= 0.6 is 0 Å². The molecule has 0 radical (unpaired) electrons. The molecule has 114 valence electrons. The molecule has 3 rings (SSSR count). The van der Waals surface area contributed by atoms with Crippen molar-refractivity contribution in [1.29, 1.82) is 0 Å². The van der Waals surface area contributed by atoms with Crippen LogP contribution in [0.3, 0.4) is 0 Å². The van der Waals surface area contributed by atoms with E-state index in [1.807, 2.05) is 19.2 Å². The average Bonchev–Trinajstić information content (AvgIpc) is 3.02. The zero-order valence-corrected chi connectivity index (χ0v) is 12.4. The van der Waals surface area contributed by atoms with Crippen LogP contribution in [0.2, 0.25) is 0 Å². The van der Waals surface area contributed by atoms with Crippen molar-refractivity contribution in [3.05, 3.63) is 24.2 Å². The van der Waals surface area contributed by atoms with Crippen LogP contribution < -0.4 is 5.32 Å². The Labute approximate surface area is 124 Å². The van der Waals surface area contributed by atoms with Crippen LogP contribution in [0.4, 0.5) is 0 Å². The molecule has 1 aromatic heterocycles. The number of fused-ring (bicyclic) bond motifs is 1. The lowest BCUT2D eigenvalue weighted by Crippen LogP contribution is -2.60. The van der Waals surface area contributed by atoms with Crippen LogP contribution in [-0.2, 0) is 16.1 Å². The predicted octanol–water partition coefficient (Wildman–Crippen LogP) is 2.08. The molecule has 1 saturated heterocycles. The van der Waals surface area contributed by atoms with Crippen molar-refractivity contribution in [2.24, 2.45) is 5.41 Å². The third-order valence-electron chi connectivity index (χ3n) is 5.09. The molecule has 1 aliphatic carbocycles. The monoisotopic (exact) mass is 290 g/mol. The third kappa shape index (κ3) is 2.45. The van der Waals surface area contributed by atoms with Gasteiger partial charge in [0.05, 0.1) is 18.2 Å². The summed E-state index contributed by atoms with van der Waals surface area (Å²) < 4.78 is 5.26. The molecule has 1 aliphatic heterocycles. The van der Waals surface area contributed by atoms with E-state index >= 15 is 0 Å². The van der Waals surface area contributed by atoms with Crippen LogP contribution in [0.25, 0.3) is 0 Å². The van der Waals surface area contributed by atoms with E-state index in [4.69, 9.17) is 4.42 Å². The molecule has 1 aromatic rings. The van der Waals surface area contributed by atoms with E-state index < -0.39 is 5.41 Å². The lowest BCUT2D eigenvalue weighted by Gasteiger charge is -2.50. The van der Waals surface area contributed by atoms with E-state index in [-0.39, 0.29) is 17.9 Å². The van der Waals surface area contributed by atoms with Crippen molar-refractivity contribution in [2.75, 3.05) is 7.05 Å². The van der Waals surface area contributed by atoms with Gasteiger partial charge in [-0.05, 0) is 31.4 Å². The minimum atomic E-state index is -0.409. The number of carbonyl (C=O) groups excluding carboxylic acids is 2. The molecule has 2 heterocycles. The molecule has 21 heavy (non-hydrogen) atoms. The van der Waals surface area contributed by atoms with Crippen LogP contribution in [0.15, 0.2) is 22.8 Å². The van der Waals surface area contributed by atoms with Gasteiger partial charge in [0.15, 0.2) is 0 Å². The maximum absolute atomic E-state index is 12.8. The SMILES string of the molecule is CN1C(=O)CC[C@]2(C(=O)NCc3ccco3)CCCC[C@@H]12. The maximum Gasteiger partial charge on any atom is 0.228 e. The lowest BCUT2D eigenvalue weighted by molar-refractivity contribution is -0.153. The van der Waals surface area contributed by atoms with E-state index in [1.165, 1.54) is 0 Å². The molecule has 0 spiro atoms. The Bertz CT molecular complexity index is 526. The number of amides is 2. The smallest absolute Gasteiger partial charge is 0.228 e. The number of nitrogens with one attached hydrogen (secondary N) is 1. The van der Waals surface area contributed by atoms with Crippen molar-refractivity contribution in [3.8, 4) is 0 Å². The van der Waals surface area contributed by atoms with E-state index in [0.29, 0.717) is 19.4 Å². The van der Waals surface area contributed by atoms with Gasteiger partial charge >= 0.3 is 0 Å². The molecule has 1 N–H and O–H groups in total. The minimum Gasteiger partial charge on any atom is -0.467 e. The number of hydrogen-bond donors (Lipinski definition) is 1. The Hall–Kier alpha value is -1.78. The summed E-state index contributed by atoms with van der Waals surface area (Å²) in [5, 5.41) is 3.01. The Kier molecular flexibility index (Phi) is 3.74. The van der Waals surface area contributed by atoms with Gasteiger partial charge in [0.25, 0.3) is 0 Å². The van der Waals surface area contributed by atoms with Gasteiger partial charge in [-0.25, -0.2) is 0 Å². The van der Waals surface area contributed by atoms with E-state index in [0.717, 1.165) is 31.4 Å². The number of furan rings is 1. The van der Waals surface area contributed by atoms with Crippen molar-refractivity contribution in [2.45, 2.75) is 51.1 Å². The number of nitrogens with zero attached hydrogens (tertiary/aromatic N) is 1. The first kappa shape index (κ1) is 14.2. The van der Waals surface area contributed by atoms with E-state index in [9.17, 15) is 9.59 Å². The summed E-state index contributed by atoms with van der Waals surface area (Å²) in [6, 6.07) is 3.72. The second-order valence-electron chi connectivity index (χ2n) is 6.18. The van der Waals surface area contributed by atoms with Crippen molar-refractivity contribution in [3.63, 3.8) is 0 Å². The third-order valence-corrected chi connectivity index (χ3v) is 5.09. The summed E-state index contributed by atoms with van der Waals surface area (Å²) >= 11 is 0. The Morgan fingerprint density at radius 1 is 1.48 bits per heavy atom. The molecule has 2 fully saturated rings. The number of rotatable bonds is 3. The molecule has 5 heteroatoms. The summed E-state index contributed by atoms with van der Waals surface area (Å²) in [5.74, 6) is 0.992. The second kappa shape index (κ2) is 5.54. The van der Waals surface area contributed by atoms with Gasteiger partial charge in [0.1, 0.15) is 5.76 Å². The summed E-state index contributed by atoms with van der Waals surface area (Å²) in [4.78, 5) is 26.5. The highest BCUT2D eigenvalue weighted by atomic mass is 16.3. The molecule has 0 aromatic carbocycles. The largest absolute Gasteiger partial charge is 0.467 e. The first-order valence-electron chi connectivity index (χ1n) is 7.70. The summed E-state index contributed by atoms with van der Waals surface area (Å²) in [6.07, 6.45) is 6.71. The second-order valence-corrected chi connectivity index (χ2v) is 6.18. The fraction of sp³-hybridized carbons (Fsp3) is 0.625. The number of piperidine rings is 1. The Morgan fingerprint density at radius 3 is 3.10 bits per heavy atom. The molecular weight excluding hydrogens is 268 g/mol. The van der Waals surface area contributed by atoms with Gasteiger partial charge in [-0.1, -0.05) is 12.8 Å². The highest BCUT2D eigenvalue weighted by Crippen LogP contribution is 2.46. The molecule has 2 amide bonds. The first-order chi connectivity index (χ1) is 10.1. The van der Waals surface area contributed by atoms with Gasteiger partial charge in [-0.3, -0.25) is 9.59 Å². The number of carbonyl (C=O) groups is 2. The van der Waals surface area contributed by atoms with Gasteiger partial charge < -0.3 is 14.6 Å². The quantitative estimate of drug-likeness (QED) is 0.927. The van der Waals surface area contributed by atoms with Crippen LogP contribution in [0, 0.1) is 5.41 Å². The van der Waals surface area contributed by atoms with Crippen molar-refractivity contribution in [1.82, 2.24) is 10.2 Å². The first-order valence-corrected chi connectivity index (χ1v) is 7.70. The van der Waals surface area contributed by atoms with Crippen molar-refractivity contribution >= 4 is 11.8 Å². The zero-order valence-electron chi connectivity index (χ0n) is 12.4. The normalized spacial score (nSPS) is 29.1. The zero-order chi connectivity index (χ0) is 14.9. The average molecular weight is 290 g/mol. The molecular formula is C16H22N2O3. The fourth-order valence-corrected chi connectivity index (χ4v) is 3.89. The fourth-order valence-electron chi connectivity index (χ4n) is 3.89. The highest BCUT2D eigenvalue weighted by molar-refractivity contribution is 5.87. The maximum atomic E-state index is 12.8. The molecule has 2 aliphatic rings. The molecule has 2 atom stereocenters. The van der Waals surface area contributed by atoms with Crippen molar-refractivity contribution < 1.29 is 14.0 Å². The Balaban J connectivity index is 1.75. The molecule has 0 bridgehead atoms. The predicted molar refractivity (Wildman–Crippen MR) is 77.2 cm³/mol. The molecule has 0 unspecified atom stereocenters. The van der Waals surface area contributed by atoms with Gasteiger partial charge in [0, 0.05) is 19.5 Å². The minimum absolute atomic E-state index is 0.0455. The topological polar surface area (TPSA) is 62.6 Å². The molecule has 1 saturated carbocycles. The lowest BCUT2D eigenvalue weighted by atomic mass is 9.64. The summed E-state index contributed by atoms with van der Waals surface area (Å²) in [7, 11) is 1.84. The van der Waals surface area contributed by atoms with Gasteiger partial charge in [-0.2, -0.15) is 0 Å². The summed E-state index contributed by atoms with van der Waals surface area (Å²) in [5.41, 5.74) is -0.409. The highest BCUT2D eigenvalue weighted by Gasteiger charge is 2.52. The number of hydrogen-bond acceptors (Lipinski definition) is 3. The molecule has 5 nitrogen and oxygen atoms in total. The van der Waals surface area contributed by atoms with Crippen LogP contribution in [-0.4, -0.2) is 29.8 Å². The number of likely N-dealkylation sites (tertiary alicyclic amines) is 1. The van der Waals surface area contributed by atoms with E-state index in [1.54, 1.807) is 11.2 Å².